The highest BCUT2D eigenvalue weighted by molar-refractivity contribution is 5.94. The van der Waals surface area contributed by atoms with Crippen molar-refractivity contribution in [2.24, 2.45) is 5.73 Å². The maximum atomic E-state index is 14.2. The molecule has 2 aliphatic rings. The Morgan fingerprint density at radius 3 is 2.72 bits per heavy atom. The number of rotatable bonds is 5. The molecule has 2 N–H and O–H groups in total. The van der Waals surface area contributed by atoms with Gasteiger partial charge >= 0.3 is 0 Å². The summed E-state index contributed by atoms with van der Waals surface area (Å²) in [5.74, 6) is 1.15. The maximum Gasteiger partial charge on any atom is 0.230 e. The number of primary amides is 1. The van der Waals surface area contributed by atoms with Gasteiger partial charge in [-0.05, 0) is 42.7 Å². The van der Waals surface area contributed by atoms with E-state index in [1.165, 1.54) is 12.1 Å². The lowest BCUT2D eigenvalue weighted by molar-refractivity contribution is -0.117. The third-order valence-corrected chi connectivity index (χ3v) is 5.99. The van der Waals surface area contributed by atoms with Gasteiger partial charge < -0.3 is 19.9 Å². The van der Waals surface area contributed by atoms with Crippen LogP contribution in [-0.4, -0.2) is 51.7 Å². The zero-order valence-electron chi connectivity index (χ0n) is 17.3. The van der Waals surface area contributed by atoms with Gasteiger partial charge in [-0.15, -0.1) is 0 Å². The minimum absolute atomic E-state index is 0.0203. The fourth-order valence-corrected chi connectivity index (χ4v) is 4.30. The van der Waals surface area contributed by atoms with Crippen molar-refractivity contribution in [1.29, 1.82) is 0 Å². The van der Waals surface area contributed by atoms with Crippen LogP contribution in [0.15, 0.2) is 28.8 Å². The second-order valence-electron chi connectivity index (χ2n) is 8.29. The SMILES string of the molecule is NC(=O)Cc1cc2c(-c3noc(C4CC4)n3)nc(N3CCOCC3)n2c2ccc(F)cc12. The van der Waals surface area contributed by atoms with Crippen LogP contribution in [0.3, 0.4) is 0 Å². The first-order chi connectivity index (χ1) is 15.6. The van der Waals surface area contributed by atoms with Crippen LogP contribution in [0, 0.1) is 5.82 Å². The molecule has 0 bridgehead atoms. The third-order valence-electron chi connectivity index (χ3n) is 5.99. The molecule has 9 nitrogen and oxygen atoms in total. The smallest absolute Gasteiger partial charge is 0.230 e. The zero-order chi connectivity index (χ0) is 21.8. The average Bonchev–Trinajstić information content (AvgIpc) is 3.40. The van der Waals surface area contributed by atoms with E-state index in [1.807, 2.05) is 10.5 Å². The van der Waals surface area contributed by atoms with Crippen molar-refractivity contribution < 1.29 is 18.4 Å². The normalized spacial score (nSPS) is 16.8. The number of morpholine rings is 1. The maximum absolute atomic E-state index is 14.2. The number of fused-ring (bicyclic) bond motifs is 3. The van der Waals surface area contributed by atoms with Crippen molar-refractivity contribution in [3.05, 3.63) is 41.5 Å². The van der Waals surface area contributed by atoms with Crippen LogP contribution in [0.4, 0.5) is 10.3 Å². The number of anilines is 1. The molecule has 0 spiro atoms. The summed E-state index contributed by atoms with van der Waals surface area (Å²) in [6.45, 7) is 2.52. The molecule has 164 valence electrons. The monoisotopic (exact) mass is 436 g/mol. The molecule has 4 heterocycles. The molecule has 1 aromatic carbocycles. The third kappa shape index (κ3) is 3.18. The molecule has 4 aromatic rings. The van der Waals surface area contributed by atoms with Gasteiger partial charge in [-0.2, -0.15) is 4.98 Å². The molecule has 0 unspecified atom stereocenters. The Balaban J connectivity index is 1.64. The number of carbonyl (C=O) groups is 1. The number of hydrogen-bond donors (Lipinski definition) is 1. The summed E-state index contributed by atoms with van der Waals surface area (Å²) in [5, 5.41) is 4.80. The van der Waals surface area contributed by atoms with Gasteiger partial charge in [0, 0.05) is 24.4 Å². The zero-order valence-corrected chi connectivity index (χ0v) is 17.3. The highest BCUT2D eigenvalue weighted by Crippen LogP contribution is 2.40. The summed E-state index contributed by atoms with van der Waals surface area (Å²) in [5.41, 5.74) is 8.12. The molecule has 1 aliphatic carbocycles. The van der Waals surface area contributed by atoms with E-state index in [0.717, 1.165) is 18.4 Å². The second-order valence-corrected chi connectivity index (χ2v) is 8.29. The van der Waals surface area contributed by atoms with Crippen LogP contribution in [-0.2, 0) is 16.0 Å². The number of ether oxygens (including phenoxy) is 1. The minimum atomic E-state index is -0.495. The lowest BCUT2D eigenvalue weighted by atomic mass is 10.0. The molecule has 1 aliphatic heterocycles. The van der Waals surface area contributed by atoms with E-state index in [4.69, 9.17) is 20.0 Å². The average molecular weight is 436 g/mol. The fourth-order valence-electron chi connectivity index (χ4n) is 4.30. The summed E-state index contributed by atoms with van der Waals surface area (Å²) < 4.78 is 27.1. The van der Waals surface area contributed by atoms with Gasteiger partial charge in [0.25, 0.3) is 0 Å². The first-order valence-corrected chi connectivity index (χ1v) is 10.7. The van der Waals surface area contributed by atoms with E-state index in [2.05, 4.69) is 15.0 Å². The standard InChI is InChI=1S/C22H21FN6O3/c23-14-3-4-16-15(11-14)13(10-18(24)30)9-17-19(20-26-21(32-27-20)12-1-2-12)25-22(29(16)17)28-5-7-31-8-6-28/h3-4,9,11-12H,1-2,5-8,10H2,(H2,24,30). The van der Waals surface area contributed by atoms with Crippen molar-refractivity contribution in [2.45, 2.75) is 25.2 Å². The van der Waals surface area contributed by atoms with E-state index in [1.54, 1.807) is 6.07 Å². The van der Waals surface area contributed by atoms with Crippen LogP contribution >= 0.6 is 0 Å². The van der Waals surface area contributed by atoms with E-state index in [0.29, 0.717) is 72.0 Å². The molecule has 0 atom stereocenters. The van der Waals surface area contributed by atoms with E-state index in [9.17, 15) is 9.18 Å². The molecule has 2 fully saturated rings. The number of nitrogens with zero attached hydrogens (tertiary/aromatic N) is 5. The quantitative estimate of drug-likeness (QED) is 0.511. The number of carbonyl (C=O) groups excluding carboxylic acids is 1. The van der Waals surface area contributed by atoms with E-state index in [-0.39, 0.29) is 12.2 Å². The van der Waals surface area contributed by atoms with Gasteiger partial charge in [-0.3, -0.25) is 9.20 Å². The molecule has 32 heavy (non-hydrogen) atoms. The van der Waals surface area contributed by atoms with Gasteiger partial charge in [0.15, 0.2) is 0 Å². The Labute approximate surface area is 182 Å². The van der Waals surface area contributed by atoms with Crippen LogP contribution < -0.4 is 10.6 Å². The van der Waals surface area contributed by atoms with Gasteiger partial charge in [0.1, 0.15) is 11.5 Å². The largest absolute Gasteiger partial charge is 0.378 e. The molecule has 3 aromatic heterocycles. The van der Waals surface area contributed by atoms with Crippen molar-refractivity contribution in [1.82, 2.24) is 19.5 Å². The summed E-state index contributed by atoms with van der Waals surface area (Å²) in [4.78, 5) is 23.4. The van der Waals surface area contributed by atoms with Crippen molar-refractivity contribution >= 4 is 28.3 Å². The predicted molar refractivity (Wildman–Crippen MR) is 114 cm³/mol. The van der Waals surface area contributed by atoms with Crippen molar-refractivity contribution in [3.8, 4) is 11.5 Å². The van der Waals surface area contributed by atoms with Gasteiger partial charge in [-0.1, -0.05) is 5.16 Å². The predicted octanol–water partition coefficient (Wildman–Crippen LogP) is 2.42. The summed E-state index contributed by atoms with van der Waals surface area (Å²) in [7, 11) is 0. The van der Waals surface area contributed by atoms with E-state index < -0.39 is 5.91 Å². The number of amides is 1. The van der Waals surface area contributed by atoms with Crippen molar-refractivity contribution in [2.75, 3.05) is 31.2 Å². The summed E-state index contributed by atoms with van der Waals surface area (Å²) >= 11 is 0. The molecular formula is C22H21FN6O3. The van der Waals surface area contributed by atoms with Crippen LogP contribution in [0.25, 0.3) is 27.9 Å². The number of halogens is 1. The summed E-state index contributed by atoms with van der Waals surface area (Å²) in [6, 6.07) is 6.35. The first-order valence-electron chi connectivity index (χ1n) is 10.7. The highest BCUT2D eigenvalue weighted by atomic mass is 19.1. The van der Waals surface area contributed by atoms with Crippen LogP contribution in [0.1, 0.15) is 30.2 Å². The Kier molecular flexibility index (Phi) is 4.35. The molecule has 1 amide bonds. The fraction of sp³-hybridized carbons (Fsp3) is 0.364. The molecule has 6 rings (SSSR count). The Hall–Kier alpha value is -3.53. The number of benzene rings is 1. The number of pyridine rings is 1. The summed E-state index contributed by atoms with van der Waals surface area (Å²) in [6.07, 6.45) is 2.07. The topological polar surface area (TPSA) is 112 Å². The molecule has 1 saturated carbocycles. The number of aromatic nitrogens is 4. The lowest BCUT2D eigenvalue weighted by Crippen LogP contribution is -2.37. The van der Waals surface area contributed by atoms with Crippen molar-refractivity contribution in [3.63, 3.8) is 0 Å². The molecule has 1 saturated heterocycles. The molecule has 10 heteroatoms. The molecular weight excluding hydrogens is 415 g/mol. The minimum Gasteiger partial charge on any atom is -0.378 e. The van der Waals surface area contributed by atoms with Gasteiger partial charge in [-0.25, -0.2) is 9.37 Å². The van der Waals surface area contributed by atoms with Gasteiger partial charge in [0.2, 0.25) is 23.6 Å². The lowest BCUT2D eigenvalue weighted by Gasteiger charge is -2.27. The number of nitrogens with two attached hydrogens (primary N) is 1. The number of hydrogen-bond acceptors (Lipinski definition) is 7. The Morgan fingerprint density at radius 1 is 1.16 bits per heavy atom. The van der Waals surface area contributed by atoms with Crippen LogP contribution in [0.2, 0.25) is 0 Å². The Bertz CT molecular complexity index is 1350. The highest BCUT2D eigenvalue weighted by Gasteiger charge is 2.31. The second kappa shape index (κ2) is 7.27. The number of imidazole rings is 1. The van der Waals surface area contributed by atoms with Gasteiger partial charge in [0.05, 0.1) is 30.7 Å². The van der Waals surface area contributed by atoms with Crippen LogP contribution in [0.5, 0.6) is 0 Å². The molecule has 0 radical (unpaired) electrons. The Morgan fingerprint density at radius 2 is 1.97 bits per heavy atom. The van der Waals surface area contributed by atoms with E-state index >= 15 is 0 Å². The first kappa shape index (κ1) is 19.2.